The summed E-state index contributed by atoms with van der Waals surface area (Å²) in [4.78, 5) is 0. The molecule has 50 valence electrons. The zero-order chi connectivity index (χ0) is 6.62. The molecule has 0 aromatic carbocycles. The van der Waals surface area contributed by atoms with Crippen molar-refractivity contribution in [3.8, 4) is 0 Å². The molecule has 0 N–H and O–H groups in total. The minimum Gasteiger partial charge on any atom is -0.321 e. The smallest absolute Gasteiger partial charge is 0.321 e. The van der Waals surface area contributed by atoms with Crippen molar-refractivity contribution >= 4 is 0 Å². The molecule has 0 aliphatic heterocycles. The van der Waals surface area contributed by atoms with Crippen LogP contribution in [0, 0.1) is 0 Å². The summed E-state index contributed by atoms with van der Waals surface area (Å²) in [6, 6.07) is 0. The second kappa shape index (κ2) is 2.97. The third-order valence-corrected chi connectivity index (χ3v) is 0.767. The maximum Gasteiger partial charge on any atom is 0.355 e. The fraction of sp³-hybridized carbons (Fsp3) is 1.00. The zero-order valence-corrected chi connectivity index (χ0v) is 5.08. The topological polar surface area (TPSA) is 9.23 Å². The van der Waals surface area contributed by atoms with E-state index in [1.807, 2.05) is 0 Å². The summed E-state index contributed by atoms with van der Waals surface area (Å²) in [6.45, 7) is 3.00. The van der Waals surface area contributed by atoms with Crippen LogP contribution in [-0.2, 0) is 4.74 Å². The summed E-state index contributed by atoms with van der Waals surface area (Å²) in [5.41, 5.74) is 0. The molecule has 0 fully saturated rings. The van der Waals surface area contributed by atoms with Gasteiger partial charge in [0.2, 0.25) is 0 Å². The molecule has 0 atom stereocenters. The molecule has 0 aliphatic rings. The molecule has 0 heterocycles. The molecule has 3 heteroatoms. The maximum atomic E-state index is 11.9. The van der Waals surface area contributed by atoms with Crippen molar-refractivity contribution in [2.45, 2.75) is 26.4 Å². The zero-order valence-electron chi connectivity index (χ0n) is 5.08. The number of rotatable bonds is 3. The van der Waals surface area contributed by atoms with Gasteiger partial charge in [-0.05, 0) is 6.92 Å². The molecule has 0 aliphatic carbocycles. The van der Waals surface area contributed by atoms with Crippen molar-refractivity contribution in [3.63, 3.8) is 0 Å². The molecule has 0 rings (SSSR count). The van der Waals surface area contributed by atoms with Crippen LogP contribution in [-0.4, -0.2) is 12.7 Å². The van der Waals surface area contributed by atoms with E-state index >= 15 is 0 Å². The average Bonchev–Trinajstić information content (AvgIpc) is 1.67. The Balaban J connectivity index is 3.37. The van der Waals surface area contributed by atoms with Crippen molar-refractivity contribution in [2.24, 2.45) is 0 Å². The summed E-state index contributed by atoms with van der Waals surface area (Å²) in [7, 11) is 0. The van der Waals surface area contributed by atoms with E-state index in [1.54, 1.807) is 6.92 Å². The van der Waals surface area contributed by atoms with E-state index in [0.717, 1.165) is 0 Å². The molecule has 0 aromatic heterocycles. The van der Waals surface area contributed by atoms with E-state index in [2.05, 4.69) is 4.74 Å². The first-order chi connectivity index (χ1) is 3.62. The number of ether oxygens (including phenoxy) is 1. The summed E-state index contributed by atoms with van der Waals surface area (Å²) in [5, 5.41) is 0. The summed E-state index contributed by atoms with van der Waals surface area (Å²) >= 11 is 0. The van der Waals surface area contributed by atoms with Crippen LogP contribution in [0.25, 0.3) is 0 Å². The summed E-state index contributed by atoms with van der Waals surface area (Å²) in [6.07, 6.45) is -3.16. The molecule has 0 spiro atoms. The number of hydrogen-bond donors (Lipinski definition) is 0. The fourth-order valence-corrected chi connectivity index (χ4v) is 0.313. The SMILES string of the molecule is CCOC(F)(F)CC. The van der Waals surface area contributed by atoms with Crippen LogP contribution in [0.1, 0.15) is 20.3 Å². The summed E-state index contributed by atoms with van der Waals surface area (Å²) < 4.78 is 27.9. The molecule has 0 amide bonds. The highest BCUT2D eigenvalue weighted by Crippen LogP contribution is 2.18. The van der Waals surface area contributed by atoms with Gasteiger partial charge < -0.3 is 4.74 Å². The van der Waals surface area contributed by atoms with Gasteiger partial charge in [-0.15, -0.1) is 0 Å². The normalized spacial score (nSPS) is 12.0. The van der Waals surface area contributed by atoms with Gasteiger partial charge in [-0.1, -0.05) is 6.92 Å². The second-order valence-electron chi connectivity index (χ2n) is 1.42. The van der Waals surface area contributed by atoms with E-state index in [0.29, 0.717) is 0 Å². The number of hydrogen-bond acceptors (Lipinski definition) is 1. The second-order valence-corrected chi connectivity index (χ2v) is 1.42. The molecule has 0 saturated heterocycles. The van der Waals surface area contributed by atoms with E-state index in [9.17, 15) is 8.78 Å². The number of alkyl halides is 2. The molecular formula is C5H10F2O. The highest BCUT2D eigenvalue weighted by atomic mass is 19.3. The van der Waals surface area contributed by atoms with Gasteiger partial charge in [0.1, 0.15) is 0 Å². The quantitative estimate of drug-likeness (QED) is 0.559. The third kappa shape index (κ3) is 2.91. The lowest BCUT2D eigenvalue weighted by atomic mass is 10.5. The standard InChI is InChI=1S/C5H10F2O/c1-3-5(6,7)8-4-2/h3-4H2,1-2H3. The Labute approximate surface area is 47.6 Å². The van der Waals surface area contributed by atoms with Crippen LogP contribution in [0.2, 0.25) is 0 Å². The lowest BCUT2D eigenvalue weighted by molar-refractivity contribution is -0.236. The van der Waals surface area contributed by atoms with Crippen LogP contribution in [0.15, 0.2) is 0 Å². The van der Waals surface area contributed by atoms with Crippen LogP contribution in [0.4, 0.5) is 8.78 Å². The van der Waals surface area contributed by atoms with Crippen LogP contribution in [0.5, 0.6) is 0 Å². The molecule has 0 unspecified atom stereocenters. The predicted octanol–water partition coefficient (Wildman–Crippen LogP) is 2.03. The Kier molecular flexibility index (Phi) is 2.90. The first-order valence-corrected chi connectivity index (χ1v) is 2.64. The van der Waals surface area contributed by atoms with Gasteiger partial charge in [0.05, 0.1) is 6.61 Å². The van der Waals surface area contributed by atoms with E-state index in [4.69, 9.17) is 0 Å². The summed E-state index contributed by atoms with van der Waals surface area (Å²) in [5.74, 6) is 0. The Morgan fingerprint density at radius 1 is 1.38 bits per heavy atom. The van der Waals surface area contributed by atoms with Gasteiger partial charge in [-0.25, -0.2) is 0 Å². The van der Waals surface area contributed by atoms with Gasteiger partial charge in [-0.3, -0.25) is 0 Å². The van der Waals surface area contributed by atoms with E-state index < -0.39 is 6.11 Å². The molecule has 8 heavy (non-hydrogen) atoms. The Morgan fingerprint density at radius 2 is 1.88 bits per heavy atom. The van der Waals surface area contributed by atoms with Crippen molar-refractivity contribution < 1.29 is 13.5 Å². The van der Waals surface area contributed by atoms with Gasteiger partial charge in [0.15, 0.2) is 0 Å². The van der Waals surface area contributed by atoms with Crippen LogP contribution >= 0.6 is 0 Å². The largest absolute Gasteiger partial charge is 0.355 e. The maximum absolute atomic E-state index is 11.9. The van der Waals surface area contributed by atoms with Gasteiger partial charge >= 0.3 is 6.11 Å². The Morgan fingerprint density at radius 3 is 2.00 bits per heavy atom. The predicted molar refractivity (Wildman–Crippen MR) is 26.9 cm³/mol. The first kappa shape index (κ1) is 7.82. The minimum atomic E-state index is -2.91. The molecule has 0 bridgehead atoms. The molecule has 0 radical (unpaired) electrons. The Hall–Kier alpha value is -0.180. The fourth-order valence-electron chi connectivity index (χ4n) is 0.313. The monoisotopic (exact) mass is 124 g/mol. The highest BCUT2D eigenvalue weighted by Gasteiger charge is 2.25. The van der Waals surface area contributed by atoms with Gasteiger partial charge in [0.25, 0.3) is 0 Å². The highest BCUT2D eigenvalue weighted by molar-refractivity contribution is 4.44. The Bertz CT molecular complexity index is 63.4. The molecular weight excluding hydrogens is 114 g/mol. The van der Waals surface area contributed by atoms with E-state index in [-0.39, 0.29) is 13.0 Å². The minimum absolute atomic E-state index is 0.0703. The van der Waals surface area contributed by atoms with E-state index in [1.165, 1.54) is 6.92 Å². The van der Waals surface area contributed by atoms with Crippen LogP contribution < -0.4 is 0 Å². The average molecular weight is 124 g/mol. The first-order valence-electron chi connectivity index (χ1n) is 2.64. The lowest BCUT2D eigenvalue weighted by Crippen LogP contribution is -2.18. The van der Waals surface area contributed by atoms with Crippen molar-refractivity contribution in [3.05, 3.63) is 0 Å². The molecule has 0 saturated carbocycles. The third-order valence-electron chi connectivity index (χ3n) is 0.767. The van der Waals surface area contributed by atoms with Crippen molar-refractivity contribution in [2.75, 3.05) is 6.61 Å². The van der Waals surface area contributed by atoms with Crippen molar-refractivity contribution in [1.82, 2.24) is 0 Å². The van der Waals surface area contributed by atoms with Crippen LogP contribution in [0.3, 0.4) is 0 Å². The number of halogens is 2. The molecule has 1 nitrogen and oxygen atoms in total. The lowest BCUT2D eigenvalue weighted by Gasteiger charge is -2.11. The molecule has 0 aromatic rings. The van der Waals surface area contributed by atoms with Gasteiger partial charge in [0, 0.05) is 6.42 Å². The van der Waals surface area contributed by atoms with Gasteiger partial charge in [-0.2, -0.15) is 8.78 Å². The van der Waals surface area contributed by atoms with Crippen molar-refractivity contribution in [1.29, 1.82) is 0 Å².